The second-order valence-electron chi connectivity index (χ2n) is 12.8. The van der Waals surface area contributed by atoms with Crippen LogP contribution in [0.4, 0.5) is 0 Å². The molecule has 53 heavy (non-hydrogen) atoms. The third kappa shape index (κ3) is 5.14. The maximum atomic E-state index is 5.14. The topological polar surface area (TPSA) is 66.3 Å². The lowest BCUT2D eigenvalue weighted by molar-refractivity contribution is 1.04. The minimum absolute atomic E-state index is 0.715. The summed E-state index contributed by atoms with van der Waals surface area (Å²) in [4.78, 5) is 10.3. The molecule has 0 atom stereocenters. The molecule has 10 aromatic rings. The molecule has 0 bridgehead atoms. The van der Waals surface area contributed by atoms with Crippen LogP contribution < -0.4 is 0 Å². The molecule has 0 radical (unpaired) electrons. The summed E-state index contributed by atoms with van der Waals surface area (Å²) in [6, 6.07) is 64.3. The average molecular weight is 682 g/mol. The van der Waals surface area contributed by atoms with Crippen molar-refractivity contribution in [1.82, 2.24) is 33.9 Å². The van der Waals surface area contributed by atoms with E-state index >= 15 is 0 Å². The standard InChI is InChI=1S/C46H31N7/c1-4-18-32(19-5-1)43-47-37-26-12-16-30-41(37)52(43)39-28-14-10-24-35(39)45-49-50-46(51(45)34-22-8-3-9-23-34)36-25-11-15-29-40(36)53-42-31-17-13-27-38(42)48-44(53)33-20-6-2-7-21-33/h1-31H. The van der Waals surface area contributed by atoms with E-state index in [1.807, 2.05) is 54.6 Å². The maximum Gasteiger partial charge on any atom is 0.170 e. The summed E-state index contributed by atoms with van der Waals surface area (Å²) in [6.45, 7) is 0. The summed E-state index contributed by atoms with van der Waals surface area (Å²) in [6.07, 6.45) is 0. The summed E-state index contributed by atoms with van der Waals surface area (Å²) in [7, 11) is 0. The minimum Gasteiger partial charge on any atom is -0.292 e. The van der Waals surface area contributed by atoms with Crippen LogP contribution in [-0.2, 0) is 0 Å². The van der Waals surface area contributed by atoms with Crippen LogP contribution in [0.25, 0.3) is 84.7 Å². The smallest absolute Gasteiger partial charge is 0.170 e. The van der Waals surface area contributed by atoms with Crippen LogP contribution in [0.5, 0.6) is 0 Å². The highest BCUT2D eigenvalue weighted by atomic mass is 15.3. The lowest BCUT2D eigenvalue weighted by Gasteiger charge is -2.18. The molecule has 0 aliphatic heterocycles. The Balaban J connectivity index is 1.24. The van der Waals surface area contributed by atoms with Gasteiger partial charge in [0.1, 0.15) is 11.6 Å². The molecule has 0 unspecified atom stereocenters. The van der Waals surface area contributed by atoms with Crippen molar-refractivity contribution < 1.29 is 0 Å². The fourth-order valence-electron chi connectivity index (χ4n) is 7.27. The molecule has 0 aliphatic carbocycles. The van der Waals surface area contributed by atoms with Gasteiger partial charge in [-0.3, -0.25) is 13.7 Å². The molecule has 0 spiro atoms. The summed E-state index contributed by atoms with van der Waals surface area (Å²) in [5.41, 5.74) is 10.6. The van der Waals surface area contributed by atoms with Crippen molar-refractivity contribution in [1.29, 1.82) is 0 Å². The van der Waals surface area contributed by atoms with E-state index in [2.05, 4.69) is 147 Å². The second kappa shape index (κ2) is 12.7. The molecule has 0 amide bonds. The van der Waals surface area contributed by atoms with Crippen molar-refractivity contribution in [3.63, 3.8) is 0 Å². The molecule has 7 aromatic carbocycles. The lowest BCUT2D eigenvalue weighted by Crippen LogP contribution is -2.06. The van der Waals surface area contributed by atoms with E-state index in [-0.39, 0.29) is 0 Å². The first-order valence-corrected chi connectivity index (χ1v) is 17.6. The van der Waals surface area contributed by atoms with Crippen LogP contribution in [0.15, 0.2) is 188 Å². The van der Waals surface area contributed by atoms with Gasteiger partial charge >= 0.3 is 0 Å². The fourth-order valence-corrected chi connectivity index (χ4v) is 7.27. The molecule has 0 saturated carbocycles. The van der Waals surface area contributed by atoms with E-state index in [9.17, 15) is 0 Å². The summed E-state index contributed by atoms with van der Waals surface area (Å²) in [5.74, 6) is 3.14. The average Bonchev–Trinajstić information content (AvgIpc) is 3.96. The zero-order valence-electron chi connectivity index (χ0n) is 28.5. The van der Waals surface area contributed by atoms with Crippen LogP contribution in [0.2, 0.25) is 0 Å². The quantitative estimate of drug-likeness (QED) is 0.168. The molecular weight excluding hydrogens is 651 g/mol. The zero-order chi connectivity index (χ0) is 35.1. The molecule has 0 fully saturated rings. The number of hydrogen-bond donors (Lipinski definition) is 0. The number of benzene rings is 7. The van der Waals surface area contributed by atoms with Gasteiger partial charge in [0.05, 0.1) is 33.4 Å². The van der Waals surface area contributed by atoms with E-state index in [1.165, 1.54) is 0 Å². The van der Waals surface area contributed by atoms with Gasteiger partial charge in [-0.15, -0.1) is 10.2 Å². The van der Waals surface area contributed by atoms with Crippen molar-refractivity contribution >= 4 is 22.1 Å². The maximum absolute atomic E-state index is 5.14. The van der Waals surface area contributed by atoms with Crippen molar-refractivity contribution in [2.24, 2.45) is 0 Å². The Labute approximate surface area is 305 Å². The summed E-state index contributed by atoms with van der Waals surface area (Å²) < 4.78 is 6.64. The highest BCUT2D eigenvalue weighted by molar-refractivity contribution is 5.88. The van der Waals surface area contributed by atoms with E-state index in [0.717, 1.165) is 73.0 Å². The lowest BCUT2D eigenvalue weighted by atomic mass is 10.1. The monoisotopic (exact) mass is 681 g/mol. The number of fused-ring (bicyclic) bond motifs is 2. The van der Waals surface area contributed by atoms with Crippen molar-refractivity contribution in [3.8, 4) is 62.6 Å². The van der Waals surface area contributed by atoms with Gasteiger partial charge < -0.3 is 0 Å². The number of hydrogen-bond acceptors (Lipinski definition) is 4. The Hall–Kier alpha value is -7.38. The summed E-state index contributed by atoms with van der Waals surface area (Å²) >= 11 is 0. The molecule has 0 N–H and O–H groups in total. The van der Waals surface area contributed by atoms with Gasteiger partial charge in [-0.2, -0.15) is 0 Å². The Bertz CT molecular complexity index is 2710. The first-order valence-electron chi connectivity index (χ1n) is 17.6. The molecule has 0 saturated heterocycles. The Morgan fingerprint density at radius 1 is 0.302 bits per heavy atom. The Kier molecular flexibility index (Phi) is 7.32. The molecule has 10 rings (SSSR count). The van der Waals surface area contributed by atoms with Gasteiger partial charge in [-0.25, -0.2) is 9.97 Å². The number of para-hydroxylation sites is 7. The highest BCUT2D eigenvalue weighted by Gasteiger charge is 2.25. The molecule has 0 aliphatic rings. The third-order valence-corrected chi connectivity index (χ3v) is 9.63. The van der Waals surface area contributed by atoms with E-state index in [4.69, 9.17) is 20.2 Å². The first-order chi connectivity index (χ1) is 26.3. The fraction of sp³-hybridized carbons (Fsp3) is 0. The number of nitrogens with zero attached hydrogens (tertiary/aromatic N) is 7. The van der Waals surface area contributed by atoms with Crippen molar-refractivity contribution in [3.05, 3.63) is 188 Å². The van der Waals surface area contributed by atoms with Crippen LogP contribution >= 0.6 is 0 Å². The van der Waals surface area contributed by atoms with Crippen LogP contribution in [-0.4, -0.2) is 33.9 Å². The van der Waals surface area contributed by atoms with Gasteiger partial charge in [0.2, 0.25) is 0 Å². The molecular formula is C46H31N7. The molecule has 3 heterocycles. The summed E-state index contributed by atoms with van der Waals surface area (Å²) in [5, 5.41) is 10.0. The Morgan fingerprint density at radius 3 is 1.15 bits per heavy atom. The van der Waals surface area contributed by atoms with Crippen molar-refractivity contribution in [2.45, 2.75) is 0 Å². The van der Waals surface area contributed by atoms with Gasteiger partial charge in [0.15, 0.2) is 11.6 Å². The molecule has 250 valence electrons. The Morgan fingerprint density at radius 2 is 0.679 bits per heavy atom. The van der Waals surface area contributed by atoms with Gasteiger partial charge in [-0.1, -0.05) is 127 Å². The molecule has 7 nitrogen and oxygen atoms in total. The van der Waals surface area contributed by atoms with Crippen LogP contribution in [0, 0.1) is 0 Å². The van der Waals surface area contributed by atoms with Crippen LogP contribution in [0.1, 0.15) is 0 Å². The van der Waals surface area contributed by atoms with Gasteiger partial charge in [0.25, 0.3) is 0 Å². The first kappa shape index (κ1) is 30.4. The number of aromatic nitrogens is 7. The molecule has 7 heteroatoms. The van der Waals surface area contributed by atoms with E-state index in [0.29, 0.717) is 11.6 Å². The predicted octanol–water partition coefficient (Wildman–Crippen LogP) is 10.6. The van der Waals surface area contributed by atoms with Gasteiger partial charge in [-0.05, 0) is 60.7 Å². The second-order valence-corrected chi connectivity index (χ2v) is 12.8. The highest BCUT2D eigenvalue weighted by Crippen LogP contribution is 2.39. The third-order valence-electron chi connectivity index (χ3n) is 9.63. The number of rotatable bonds is 7. The van der Waals surface area contributed by atoms with Crippen LogP contribution in [0.3, 0.4) is 0 Å². The normalized spacial score (nSPS) is 11.4. The predicted molar refractivity (Wildman–Crippen MR) is 212 cm³/mol. The van der Waals surface area contributed by atoms with Gasteiger partial charge in [0, 0.05) is 27.9 Å². The van der Waals surface area contributed by atoms with E-state index < -0.39 is 0 Å². The molecule has 3 aromatic heterocycles. The largest absolute Gasteiger partial charge is 0.292 e. The number of imidazole rings is 2. The SMILES string of the molecule is c1ccc(-c2nc3ccccc3n2-c2ccccc2-c2nnc(-c3ccccc3-n3c(-c4ccccc4)nc4ccccc43)n2-c2ccccc2)cc1. The van der Waals surface area contributed by atoms with Crippen molar-refractivity contribution in [2.75, 3.05) is 0 Å². The minimum atomic E-state index is 0.715. The zero-order valence-corrected chi connectivity index (χ0v) is 28.5. The van der Waals surface area contributed by atoms with E-state index in [1.54, 1.807) is 0 Å².